The first-order valence-electron chi connectivity index (χ1n) is 10.5. The Labute approximate surface area is 192 Å². The highest BCUT2D eigenvalue weighted by Crippen LogP contribution is 2.42. The maximum Gasteiger partial charge on any atom is 0.225 e. The second kappa shape index (κ2) is 10.1. The van der Waals surface area contributed by atoms with Crippen LogP contribution in [0.15, 0.2) is 42.5 Å². The van der Waals surface area contributed by atoms with Crippen molar-refractivity contribution >= 4 is 30.7 Å². The van der Waals surface area contributed by atoms with Crippen molar-refractivity contribution < 1.29 is 4.79 Å². The Morgan fingerprint density at radius 1 is 1.07 bits per heavy atom. The molecule has 0 radical (unpaired) electrons. The van der Waals surface area contributed by atoms with Gasteiger partial charge in [-0.05, 0) is 56.1 Å². The van der Waals surface area contributed by atoms with Crippen molar-refractivity contribution in [2.24, 2.45) is 5.92 Å². The Hall–Kier alpha value is -1.62. The molecule has 4 nitrogen and oxygen atoms in total. The lowest BCUT2D eigenvalue weighted by Crippen LogP contribution is -2.53. The van der Waals surface area contributed by atoms with E-state index < -0.39 is 0 Å². The largest absolute Gasteiger partial charge is 0.337 e. The monoisotopic (exact) mass is 449 g/mol. The van der Waals surface area contributed by atoms with Gasteiger partial charge in [0.1, 0.15) is 0 Å². The first-order valence-corrected chi connectivity index (χ1v) is 10.5. The summed E-state index contributed by atoms with van der Waals surface area (Å²) in [6.07, 6.45) is 2.19. The van der Waals surface area contributed by atoms with Crippen LogP contribution in [-0.2, 0) is 23.3 Å². The van der Waals surface area contributed by atoms with E-state index in [9.17, 15) is 4.79 Å². The summed E-state index contributed by atoms with van der Waals surface area (Å²) in [5, 5.41) is 0. The normalized spacial score (nSPS) is 17.8. The molecule has 0 N–H and O–H groups in total. The van der Waals surface area contributed by atoms with Gasteiger partial charge < -0.3 is 4.90 Å². The second-order valence-corrected chi connectivity index (χ2v) is 8.83. The third-order valence-electron chi connectivity index (χ3n) is 6.39. The molecule has 1 spiro atoms. The number of fused-ring (bicyclic) bond motifs is 2. The number of amides is 1. The van der Waals surface area contributed by atoms with Crippen LogP contribution in [0.1, 0.15) is 49.2 Å². The summed E-state index contributed by atoms with van der Waals surface area (Å²) < 4.78 is 0. The van der Waals surface area contributed by atoms with E-state index in [1.54, 1.807) is 0 Å². The summed E-state index contributed by atoms with van der Waals surface area (Å²) in [5.74, 6) is 0.329. The average molecular weight is 450 g/mol. The zero-order chi connectivity index (χ0) is 19.7. The third kappa shape index (κ3) is 4.99. The number of halogens is 2. The van der Waals surface area contributed by atoms with Crippen LogP contribution in [-0.4, -0.2) is 40.3 Å². The van der Waals surface area contributed by atoms with E-state index in [1.807, 2.05) is 26.8 Å². The Kier molecular flexibility index (Phi) is 8.32. The van der Waals surface area contributed by atoms with Crippen molar-refractivity contribution in [3.05, 3.63) is 65.0 Å². The number of carbonyl (C=O) groups is 1. The molecular formula is C24H33Cl2N3O. The van der Waals surface area contributed by atoms with Crippen LogP contribution in [0.3, 0.4) is 0 Å². The summed E-state index contributed by atoms with van der Waals surface area (Å²) in [6, 6.07) is 15.0. The summed E-state index contributed by atoms with van der Waals surface area (Å²) in [6.45, 7) is 10.7. The fourth-order valence-electron chi connectivity index (χ4n) is 4.89. The molecule has 2 aliphatic heterocycles. The number of pyridine rings is 1. The molecule has 0 bridgehead atoms. The summed E-state index contributed by atoms with van der Waals surface area (Å²) in [5.41, 5.74) is 5.12. The Balaban J connectivity index is 0.00000160. The topological polar surface area (TPSA) is 36.4 Å². The van der Waals surface area contributed by atoms with Crippen LogP contribution in [0.4, 0.5) is 0 Å². The molecule has 1 fully saturated rings. The second-order valence-electron chi connectivity index (χ2n) is 8.83. The van der Waals surface area contributed by atoms with Gasteiger partial charge >= 0.3 is 0 Å². The van der Waals surface area contributed by atoms with Gasteiger partial charge in [0.2, 0.25) is 5.91 Å². The summed E-state index contributed by atoms with van der Waals surface area (Å²) in [7, 11) is 0. The molecule has 30 heavy (non-hydrogen) atoms. The standard InChI is InChI=1S/C24H31N3O.2ClH/c1-18(2)23(28)27-15-20-8-4-5-10-22(20)24(17-27)11-13-26(14-12-24)16-21-9-6-7-19(3)25-21;;/h4-10,18H,11-17H2,1-3H3;2*1H. The van der Waals surface area contributed by atoms with Crippen molar-refractivity contribution in [3.63, 3.8) is 0 Å². The predicted molar refractivity (Wildman–Crippen MR) is 126 cm³/mol. The molecule has 0 saturated carbocycles. The molecule has 1 saturated heterocycles. The molecule has 164 valence electrons. The van der Waals surface area contributed by atoms with Gasteiger partial charge in [-0.1, -0.05) is 44.2 Å². The molecule has 0 unspecified atom stereocenters. The highest BCUT2D eigenvalue weighted by Gasteiger charge is 2.43. The van der Waals surface area contributed by atoms with Crippen molar-refractivity contribution in [1.29, 1.82) is 0 Å². The lowest BCUT2D eigenvalue weighted by molar-refractivity contribution is -0.137. The fraction of sp³-hybridized carbons (Fsp3) is 0.500. The smallest absolute Gasteiger partial charge is 0.225 e. The van der Waals surface area contributed by atoms with E-state index >= 15 is 0 Å². The number of carbonyl (C=O) groups excluding carboxylic acids is 1. The number of piperidine rings is 1. The van der Waals surface area contributed by atoms with Gasteiger partial charge in [-0.15, -0.1) is 24.8 Å². The minimum absolute atomic E-state index is 0. The van der Waals surface area contributed by atoms with Crippen LogP contribution < -0.4 is 0 Å². The van der Waals surface area contributed by atoms with E-state index in [-0.39, 0.29) is 42.1 Å². The van der Waals surface area contributed by atoms with Crippen LogP contribution in [0.2, 0.25) is 0 Å². The van der Waals surface area contributed by atoms with E-state index in [1.165, 1.54) is 11.1 Å². The van der Waals surface area contributed by atoms with Crippen molar-refractivity contribution in [3.8, 4) is 0 Å². The average Bonchev–Trinajstić information content (AvgIpc) is 2.69. The number of hydrogen-bond donors (Lipinski definition) is 0. The molecule has 4 rings (SSSR count). The van der Waals surface area contributed by atoms with Crippen LogP contribution in [0.25, 0.3) is 0 Å². The van der Waals surface area contributed by atoms with Gasteiger partial charge in [0.05, 0.1) is 5.69 Å². The minimum atomic E-state index is 0. The number of aromatic nitrogens is 1. The number of nitrogens with zero attached hydrogens (tertiary/aromatic N) is 3. The van der Waals surface area contributed by atoms with E-state index in [0.29, 0.717) is 0 Å². The first-order chi connectivity index (χ1) is 13.5. The van der Waals surface area contributed by atoms with Crippen molar-refractivity contribution in [2.75, 3.05) is 19.6 Å². The molecule has 3 heterocycles. The molecule has 0 aliphatic carbocycles. The quantitative estimate of drug-likeness (QED) is 0.676. The Morgan fingerprint density at radius 3 is 2.43 bits per heavy atom. The highest BCUT2D eigenvalue weighted by molar-refractivity contribution is 5.85. The van der Waals surface area contributed by atoms with Gasteiger partial charge in [-0.2, -0.15) is 0 Å². The van der Waals surface area contributed by atoms with Gasteiger partial charge in [-0.3, -0.25) is 14.7 Å². The molecule has 1 aromatic heterocycles. The van der Waals surface area contributed by atoms with Crippen molar-refractivity contribution in [1.82, 2.24) is 14.8 Å². The molecular weight excluding hydrogens is 417 g/mol. The number of aryl methyl sites for hydroxylation is 1. The first kappa shape index (κ1) is 24.6. The summed E-state index contributed by atoms with van der Waals surface area (Å²) in [4.78, 5) is 22.1. The lowest BCUT2D eigenvalue weighted by Gasteiger charge is -2.49. The molecule has 1 amide bonds. The minimum Gasteiger partial charge on any atom is -0.337 e. The molecule has 1 aromatic carbocycles. The van der Waals surface area contributed by atoms with Crippen LogP contribution >= 0.6 is 24.8 Å². The summed E-state index contributed by atoms with van der Waals surface area (Å²) >= 11 is 0. The van der Waals surface area contributed by atoms with Crippen LogP contribution in [0, 0.1) is 12.8 Å². The van der Waals surface area contributed by atoms with E-state index in [4.69, 9.17) is 0 Å². The van der Waals surface area contributed by atoms with E-state index in [0.717, 1.165) is 57.0 Å². The van der Waals surface area contributed by atoms with E-state index in [2.05, 4.69) is 51.2 Å². The van der Waals surface area contributed by atoms with Gasteiger partial charge in [0.25, 0.3) is 0 Å². The maximum absolute atomic E-state index is 12.8. The van der Waals surface area contributed by atoms with Gasteiger partial charge in [0, 0.05) is 36.7 Å². The number of rotatable bonds is 3. The fourth-order valence-corrected chi connectivity index (χ4v) is 4.89. The lowest BCUT2D eigenvalue weighted by atomic mass is 9.68. The predicted octanol–water partition coefficient (Wildman–Crippen LogP) is 4.77. The molecule has 6 heteroatoms. The number of likely N-dealkylation sites (tertiary alicyclic amines) is 1. The zero-order valence-electron chi connectivity index (χ0n) is 18.1. The zero-order valence-corrected chi connectivity index (χ0v) is 19.8. The number of hydrogen-bond acceptors (Lipinski definition) is 3. The molecule has 2 aliphatic rings. The Morgan fingerprint density at radius 2 is 1.77 bits per heavy atom. The SMILES string of the molecule is Cc1cccc(CN2CCC3(CC2)CN(C(=O)C(C)C)Cc2ccccc23)n1.Cl.Cl. The maximum atomic E-state index is 12.8. The van der Waals surface area contributed by atoms with Gasteiger partial charge in [0.15, 0.2) is 0 Å². The Bertz CT molecular complexity index is 863. The molecule has 0 atom stereocenters. The third-order valence-corrected chi connectivity index (χ3v) is 6.39. The highest BCUT2D eigenvalue weighted by atomic mass is 35.5. The van der Waals surface area contributed by atoms with Crippen molar-refractivity contribution in [2.45, 2.75) is 52.1 Å². The molecule has 2 aromatic rings. The number of benzene rings is 1. The van der Waals surface area contributed by atoms with Crippen LogP contribution in [0.5, 0.6) is 0 Å². The van der Waals surface area contributed by atoms with Gasteiger partial charge in [-0.25, -0.2) is 0 Å².